The number of alkyl halides is 3. The number of hydrogen-bond acceptors (Lipinski definition) is 9. The molecule has 1 aliphatic rings. The van der Waals surface area contributed by atoms with Gasteiger partial charge in [0.05, 0.1) is 28.5 Å². The summed E-state index contributed by atoms with van der Waals surface area (Å²) in [6, 6.07) is 8.81. The van der Waals surface area contributed by atoms with Crippen molar-refractivity contribution in [3.05, 3.63) is 74.4 Å². The number of carbonyl (C=O) groups is 2. The van der Waals surface area contributed by atoms with Gasteiger partial charge in [-0.1, -0.05) is 11.6 Å². The minimum atomic E-state index is -4.70. The number of piperazine rings is 1. The number of anilines is 1. The van der Waals surface area contributed by atoms with E-state index in [1.165, 1.54) is 9.69 Å². The maximum Gasteiger partial charge on any atom is 0.417 e. The van der Waals surface area contributed by atoms with E-state index in [4.69, 9.17) is 16.3 Å². The highest BCUT2D eigenvalue weighted by molar-refractivity contribution is 7.91. The fraction of sp³-hybridized carbons (Fsp3) is 0.269. The number of esters is 1. The van der Waals surface area contributed by atoms with Crippen LogP contribution in [0.5, 0.6) is 0 Å². The molecule has 3 aromatic heterocycles. The molecule has 0 spiro atoms. The van der Waals surface area contributed by atoms with Crippen LogP contribution in [0.15, 0.2) is 51.4 Å². The maximum atomic E-state index is 13.9. The van der Waals surface area contributed by atoms with Crippen LogP contribution in [0.1, 0.15) is 31.8 Å². The van der Waals surface area contributed by atoms with E-state index >= 15 is 0 Å². The van der Waals surface area contributed by atoms with Gasteiger partial charge in [-0.25, -0.2) is 18.2 Å². The summed E-state index contributed by atoms with van der Waals surface area (Å²) in [5.41, 5.74) is -0.326. The lowest BCUT2D eigenvalue weighted by Gasteiger charge is -2.35. The van der Waals surface area contributed by atoms with Crippen molar-refractivity contribution in [2.24, 2.45) is 0 Å². The van der Waals surface area contributed by atoms with Gasteiger partial charge in [0.25, 0.3) is 15.9 Å². The van der Waals surface area contributed by atoms with Crippen LogP contribution in [0.25, 0.3) is 10.2 Å². The van der Waals surface area contributed by atoms with E-state index < -0.39 is 33.6 Å². The standard InChI is InChI=1S/C26H22ClF3N4O5S3/c1-39-24(36)18-14-41-22-19(26(28,29)30)12-20(32-21(18)22)33-7-9-34(10-8-33)42(37,38)25-16(6-11-40-25)13-31-23(35)15-2-4-17(27)5-3-15/h2-6,11-12,14H,7-10,13H2,1H3,(H,31,35). The first-order chi connectivity index (χ1) is 19.9. The van der Waals surface area contributed by atoms with Crippen molar-refractivity contribution in [1.29, 1.82) is 0 Å². The number of aromatic nitrogens is 1. The highest BCUT2D eigenvalue weighted by atomic mass is 35.5. The molecule has 16 heteroatoms. The number of ether oxygens (including phenoxy) is 1. The Morgan fingerprint density at radius 3 is 2.43 bits per heavy atom. The second kappa shape index (κ2) is 11.8. The molecule has 9 nitrogen and oxygen atoms in total. The minimum Gasteiger partial charge on any atom is -0.465 e. The predicted octanol–water partition coefficient (Wildman–Crippen LogP) is 5.26. The quantitative estimate of drug-likeness (QED) is 0.270. The van der Waals surface area contributed by atoms with Gasteiger partial charge >= 0.3 is 12.1 Å². The summed E-state index contributed by atoms with van der Waals surface area (Å²) >= 11 is 7.63. The van der Waals surface area contributed by atoms with E-state index in [-0.39, 0.29) is 58.5 Å². The lowest BCUT2D eigenvalue weighted by molar-refractivity contribution is -0.136. The number of nitrogens with one attached hydrogen (secondary N) is 1. The van der Waals surface area contributed by atoms with E-state index in [1.54, 1.807) is 40.6 Å². The molecule has 0 bridgehead atoms. The normalized spacial score (nSPS) is 14.7. The molecule has 1 amide bonds. The van der Waals surface area contributed by atoms with Gasteiger partial charge in [0, 0.05) is 54.3 Å². The summed E-state index contributed by atoms with van der Waals surface area (Å²) in [4.78, 5) is 30.5. The zero-order valence-electron chi connectivity index (χ0n) is 21.8. The van der Waals surface area contributed by atoms with Gasteiger partial charge in [0.2, 0.25) is 0 Å². The number of carbonyl (C=O) groups excluding carboxylic acids is 2. The number of halogens is 4. The number of rotatable bonds is 7. The maximum absolute atomic E-state index is 13.9. The molecule has 0 saturated carbocycles. The predicted molar refractivity (Wildman–Crippen MR) is 154 cm³/mol. The van der Waals surface area contributed by atoms with Crippen molar-refractivity contribution >= 4 is 72.2 Å². The Hall–Kier alpha value is -3.24. The molecule has 1 saturated heterocycles. The number of amides is 1. The van der Waals surface area contributed by atoms with Crippen LogP contribution >= 0.6 is 34.3 Å². The van der Waals surface area contributed by atoms with Crippen molar-refractivity contribution < 1.29 is 35.9 Å². The molecule has 5 rings (SSSR count). The smallest absolute Gasteiger partial charge is 0.417 e. The van der Waals surface area contributed by atoms with E-state index in [0.29, 0.717) is 16.1 Å². The van der Waals surface area contributed by atoms with Crippen LogP contribution in [0.2, 0.25) is 5.02 Å². The summed E-state index contributed by atoms with van der Waals surface area (Å²) in [5, 5.41) is 6.09. The average Bonchev–Trinajstić information content (AvgIpc) is 3.62. The molecule has 1 N–H and O–H groups in total. The molecule has 1 aliphatic heterocycles. The SMILES string of the molecule is COC(=O)c1csc2c(C(F)(F)F)cc(N3CCN(S(=O)(=O)c4sccc4CNC(=O)c4ccc(Cl)cc4)CC3)nc12. The third-order valence-corrected chi connectivity index (χ3v) is 11.3. The number of methoxy groups -OCH3 is 1. The highest BCUT2D eigenvalue weighted by Crippen LogP contribution is 2.40. The first kappa shape index (κ1) is 30.2. The molecular weight excluding hydrogens is 637 g/mol. The van der Waals surface area contributed by atoms with E-state index in [9.17, 15) is 31.2 Å². The summed E-state index contributed by atoms with van der Waals surface area (Å²) in [5.74, 6) is -1.21. The topological polar surface area (TPSA) is 109 Å². The summed E-state index contributed by atoms with van der Waals surface area (Å²) in [6.07, 6.45) is -4.70. The molecule has 1 aromatic carbocycles. The second-order valence-electron chi connectivity index (χ2n) is 9.16. The van der Waals surface area contributed by atoms with Gasteiger partial charge in [-0.05, 0) is 41.8 Å². The van der Waals surface area contributed by atoms with Crippen LogP contribution in [0, 0.1) is 0 Å². The average molecular weight is 659 g/mol. The fourth-order valence-electron chi connectivity index (χ4n) is 4.46. The molecule has 0 radical (unpaired) electrons. The van der Waals surface area contributed by atoms with Crippen LogP contribution in [-0.2, 0) is 27.5 Å². The first-order valence-electron chi connectivity index (χ1n) is 12.3. The fourth-order valence-corrected chi connectivity index (χ4v) is 8.56. The summed E-state index contributed by atoms with van der Waals surface area (Å²) < 4.78 is 74.7. The van der Waals surface area contributed by atoms with Crippen LogP contribution in [-0.4, -0.2) is 62.9 Å². The Morgan fingerprint density at radius 1 is 1.10 bits per heavy atom. The van der Waals surface area contributed by atoms with Gasteiger partial charge in [-0.15, -0.1) is 22.7 Å². The molecule has 42 heavy (non-hydrogen) atoms. The number of pyridine rings is 1. The largest absolute Gasteiger partial charge is 0.465 e. The molecule has 1 fully saturated rings. The highest BCUT2D eigenvalue weighted by Gasteiger charge is 2.37. The van der Waals surface area contributed by atoms with Crippen LogP contribution in [0.4, 0.5) is 19.0 Å². The van der Waals surface area contributed by atoms with Crippen molar-refractivity contribution in [2.75, 3.05) is 38.2 Å². The second-order valence-corrected chi connectivity index (χ2v) is 13.5. The number of fused-ring (bicyclic) bond motifs is 1. The van der Waals surface area contributed by atoms with Gasteiger partial charge in [0.1, 0.15) is 10.0 Å². The number of benzene rings is 1. The monoisotopic (exact) mass is 658 g/mol. The van der Waals surface area contributed by atoms with Gasteiger partial charge in [0.15, 0.2) is 0 Å². The number of thiophene rings is 2. The minimum absolute atomic E-state index is 0.00856. The third kappa shape index (κ3) is 5.97. The van der Waals surface area contributed by atoms with Crippen molar-refractivity contribution in [3.63, 3.8) is 0 Å². The molecular formula is C26H22ClF3N4O5S3. The van der Waals surface area contributed by atoms with Gasteiger partial charge < -0.3 is 15.0 Å². The first-order valence-corrected chi connectivity index (χ1v) is 15.9. The third-order valence-electron chi connectivity index (χ3n) is 6.61. The van der Waals surface area contributed by atoms with Crippen molar-refractivity contribution in [3.8, 4) is 0 Å². The van der Waals surface area contributed by atoms with Crippen LogP contribution in [0.3, 0.4) is 0 Å². The van der Waals surface area contributed by atoms with Crippen LogP contribution < -0.4 is 10.2 Å². The van der Waals surface area contributed by atoms with Crippen molar-refractivity contribution in [2.45, 2.75) is 16.9 Å². The zero-order valence-corrected chi connectivity index (χ0v) is 25.0. The van der Waals surface area contributed by atoms with E-state index in [2.05, 4.69) is 10.3 Å². The Labute approximate surface area is 251 Å². The van der Waals surface area contributed by atoms with E-state index in [1.807, 2.05) is 0 Å². The Balaban J connectivity index is 1.32. The Morgan fingerprint density at radius 2 is 1.79 bits per heavy atom. The molecule has 4 heterocycles. The zero-order chi connectivity index (χ0) is 30.2. The van der Waals surface area contributed by atoms with Gasteiger partial charge in [-0.3, -0.25) is 4.79 Å². The molecule has 0 unspecified atom stereocenters. The molecule has 0 aliphatic carbocycles. The lowest BCUT2D eigenvalue weighted by atomic mass is 10.1. The molecule has 4 aromatic rings. The molecule has 0 atom stereocenters. The summed E-state index contributed by atoms with van der Waals surface area (Å²) in [6.45, 7) is 0.102. The Kier molecular flexibility index (Phi) is 8.49. The van der Waals surface area contributed by atoms with Crippen molar-refractivity contribution in [1.82, 2.24) is 14.6 Å². The number of hydrogen-bond donors (Lipinski definition) is 1. The number of sulfonamides is 1. The lowest BCUT2D eigenvalue weighted by Crippen LogP contribution is -2.49. The molecule has 222 valence electrons. The van der Waals surface area contributed by atoms with Gasteiger partial charge in [-0.2, -0.15) is 17.5 Å². The van der Waals surface area contributed by atoms with E-state index in [0.717, 1.165) is 35.8 Å². The summed E-state index contributed by atoms with van der Waals surface area (Å²) in [7, 11) is -2.82. The number of nitrogens with zero attached hydrogens (tertiary/aromatic N) is 3. The Bertz CT molecular complexity index is 1750.